The molecule has 0 N–H and O–H groups in total. The molecule has 1 aromatic carbocycles. The number of rotatable bonds is 4. The molecule has 0 saturated carbocycles. The zero-order chi connectivity index (χ0) is 11.3. The van der Waals surface area contributed by atoms with Crippen LogP contribution in [0.1, 0.15) is 18.1 Å². The molecule has 0 aliphatic heterocycles. The first-order valence-corrected chi connectivity index (χ1v) is 4.83. The first-order chi connectivity index (χ1) is 7.17. The number of aryl methyl sites for hydroxylation is 1. The molecule has 0 bridgehead atoms. The van der Waals surface area contributed by atoms with Crippen molar-refractivity contribution in [3.8, 4) is 11.8 Å². The second-order valence-corrected chi connectivity index (χ2v) is 3.47. The number of hydrogen-bond acceptors (Lipinski definition) is 3. The van der Waals surface area contributed by atoms with E-state index in [0.717, 1.165) is 11.3 Å². The Kier molecular flexibility index (Phi) is 4.14. The van der Waals surface area contributed by atoms with Gasteiger partial charge >= 0.3 is 0 Å². The predicted molar refractivity (Wildman–Crippen MR) is 57.9 cm³/mol. The van der Waals surface area contributed by atoms with Crippen LogP contribution >= 0.6 is 0 Å². The van der Waals surface area contributed by atoms with Crippen LogP contribution in [-0.2, 0) is 4.74 Å². The quantitative estimate of drug-likeness (QED) is 0.757. The lowest BCUT2D eigenvalue weighted by Gasteiger charge is -2.14. The number of nitriles is 1. The number of ether oxygens (including phenoxy) is 2. The standard InChI is InChI=1S/C12H15NO2/c1-9-6-12(5-4-11(9)7-13)15-10(2)8-14-3/h4-6,10H,8H2,1-3H3. The molecule has 1 atom stereocenters. The van der Waals surface area contributed by atoms with E-state index in [-0.39, 0.29) is 6.10 Å². The van der Waals surface area contributed by atoms with E-state index in [2.05, 4.69) is 6.07 Å². The maximum Gasteiger partial charge on any atom is 0.120 e. The Morgan fingerprint density at radius 3 is 2.73 bits per heavy atom. The summed E-state index contributed by atoms with van der Waals surface area (Å²) in [5.41, 5.74) is 1.61. The van der Waals surface area contributed by atoms with E-state index in [9.17, 15) is 0 Å². The van der Waals surface area contributed by atoms with Crippen molar-refractivity contribution in [1.29, 1.82) is 5.26 Å². The highest BCUT2D eigenvalue weighted by Crippen LogP contribution is 2.17. The van der Waals surface area contributed by atoms with Crippen molar-refractivity contribution in [2.75, 3.05) is 13.7 Å². The molecule has 3 heteroatoms. The van der Waals surface area contributed by atoms with Crippen LogP contribution in [0.15, 0.2) is 18.2 Å². The first-order valence-electron chi connectivity index (χ1n) is 4.83. The average Bonchev–Trinajstić information content (AvgIpc) is 2.18. The van der Waals surface area contributed by atoms with Crippen LogP contribution in [0.2, 0.25) is 0 Å². The summed E-state index contributed by atoms with van der Waals surface area (Å²) in [6.07, 6.45) is 0.0161. The predicted octanol–water partition coefficient (Wildman–Crippen LogP) is 2.28. The Morgan fingerprint density at radius 1 is 1.47 bits per heavy atom. The molecule has 0 saturated heterocycles. The fraction of sp³-hybridized carbons (Fsp3) is 0.417. The molecule has 0 aromatic heterocycles. The molecule has 0 spiro atoms. The largest absolute Gasteiger partial charge is 0.488 e. The highest BCUT2D eigenvalue weighted by Gasteiger charge is 2.04. The van der Waals surface area contributed by atoms with Crippen LogP contribution < -0.4 is 4.74 Å². The minimum absolute atomic E-state index is 0.0161. The normalized spacial score (nSPS) is 11.9. The summed E-state index contributed by atoms with van der Waals surface area (Å²) >= 11 is 0. The summed E-state index contributed by atoms with van der Waals surface area (Å²) in [5, 5.41) is 8.76. The average molecular weight is 205 g/mol. The van der Waals surface area contributed by atoms with Gasteiger partial charge in [0, 0.05) is 7.11 Å². The Morgan fingerprint density at radius 2 is 2.20 bits per heavy atom. The van der Waals surface area contributed by atoms with Gasteiger partial charge in [0.05, 0.1) is 18.2 Å². The lowest BCUT2D eigenvalue weighted by molar-refractivity contribution is 0.0920. The van der Waals surface area contributed by atoms with E-state index in [1.54, 1.807) is 19.2 Å². The summed E-state index contributed by atoms with van der Waals surface area (Å²) in [6, 6.07) is 7.56. The summed E-state index contributed by atoms with van der Waals surface area (Å²) in [7, 11) is 1.64. The monoisotopic (exact) mass is 205 g/mol. The van der Waals surface area contributed by atoms with E-state index in [4.69, 9.17) is 14.7 Å². The second-order valence-electron chi connectivity index (χ2n) is 3.47. The van der Waals surface area contributed by atoms with Crippen molar-refractivity contribution in [2.24, 2.45) is 0 Å². The van der Waals surface area contributed by atoms with Crippen LogP contribution in [0.3, 0.4) is 0 Å². The third kappa shape index (κ3) is 3.26. The molecule has 0 fully saturated rings. The van der Waals surface area contributed by atoms with Gasteiger partial charge in [-0.3, -0.25) is 0 Å². The molecule has 3 nitrogen and oxygen atoms in total. The molecule has 0 aliphatic rings. The van der Waals surface area contributed by atoms with Gasteiger partial charge in [-0.25, -0.2) is 0 Å². The maximum atomic E-state index is 8.76. The van der Waals surface area contributed by atoms with Gasteiger partial charge in [-0.2, -0.15) is 5.26 Å². The SMILES string of the molecule is COCC(C)Oc1ccc(C#N)c(C)c1. The number of methoxy groups -OCH3 is 1. The molecule has 0 heterocycles. The molecule has 1 unspecified atom stereocenters. The zero-order valence-corrected chi connectivity index (χ0v) is 9.28. The fourth-order valence-electron chi connectivity index (χ4n) is 1.34. The molecular formula is C12H15NO2. The van der Waals surface area contributed by atoms with Crippen LogP contribution in [0.5, 0.6) is 5.75 Å². The van der Waals surface area contributed by atoms with Gasteiger partial charge in [0.1, 0.15) is 11.9 Å². The summed E-state index contributed by atoms with van der Waals surface area (Å²) in [6.45, 7) is 4.39. The van der Waals surface area contributed by atoms with Crippen LogP contribution in [0.4, 0.5) is 0 Å². The van der Waals surface area contributed by atoms with Crippen molar-refractivity contribution in [2.45, 2.75) is 20.0 Å². The second kappa shape index (κ2) is 5.38. The Labute approximate surface area is 90.2 Å². The smallest absolute Gasteiger partial charge is 0.120 e. The Hall–Kier alpha value is -1.53. The third-order valence-electron chi connectivity index (χ3n) is 2.06. The first kappa shape index (κ1) is 11.5. The number of hydrogen-bond donors (Lipinski definition) is 0. The molecule has 0 amide bonds. The number of nitrogens with zero attached hydrogens (tertiary/aromatic N) is 1. The zero-order valence-electron chi connectivity index (χ0n) is 9.28. The van der Waals surface area contributed by atoms with Gasteiger partial charge < -0.3 is 9.47 Å². The van der Waals surface area contributed by atoms with Gasteiger partial charge in [-0.05, 0) is 37.6 Å². The van der Waals surface area contributed by atoms with Gasteiger partial charge in [0.15, 0.2) is 0 Å². The molecule has 1 aromatic rings. The van der Waals surface area contributed by atoms with Crippen molar-refractivity contribution in [1.82, 2.24) is 0 Å². The van der Waals surface area contributed by atoms with E-state index in [0.29, 0.717) is 12.2 Å². The van der Waals surface area contributed by atoms with E-state index in [1.807, 2.05) is 19.9 Å². The minimum atomic E-state index is 0.0161. The number of benzene rings is 1. The van der Waals surface area contributed by atoms with E-state index < -0.39 is 0 Å². The van der Waals surface area contributed by atoms with Crippen molar-refractivity contribution in [3.05, 3.63) is 29.3 Å². The van der Waals surface area contributed by atoms with Gasteiger partial charge in [0.25, 0.3) is 0 Å². The summed E-state index contributed by atoms with van der Waals surface area (Å²) < 4.78 is 10.6. The Bertz CT molecular complexity index is 368. The molecule has 1 rings (SSSR count). The van der Waals surface area contributed by atoms with Crippen molar-refractivity contribution in [3.63, 3.8) is 0 Å². The third-order valence-corrected chi connectivity index (χ3v) is 2.06. The van der Waals surface area contributed by atoms with E-state index >= 15 is 0 Å². The maximum absolute atomic E-state index is 8.76. The summed E-state index contributed by atoms with van der Waals surface area (Å²) in [4.78, 5) is 0. The van der Waals surface area contributed by atoms with Crippen LogP contribution in [0, 0.1) is 18.3 Å². The van der Waals surface area contributed by atoms with Crippen LogP contribution in [-0.4, -0.2) is 19.8 Å². The topological polar surface area (TPSA) is 42.2 Å². The van der Waals surface area contributed by atoms with Crippen molar-refractivity contribution < 1.29 is 9.47 Å². The molecule has 0 radical (unpaired) electrons. The molecule has 0 aliphatic carbocycles. The van der Waals surface area contributed by atoms with Gasteiger partial charge in [-0.15, -0.1) is 0 Å². The lowest BCUT2D eigenvalue weighted by Crippen LogP contribution is -2.17. The van der Waals surface area contributed by atoms with Gasteiger partial charge in [-0.1, -0.05) is 0 Å². The van der Waals surface area contributed by atoms with Crippen LogP contribution in [0.25, 0.3) is 0 Å². The lowest BCUT2D eigenvalue weighted by atomic mass is 10.1. The van der Waals surface area contributed by atoms with E-state index in [1.165, 1.54) is 0 Å². The molecular weight excluding hydrogens is 190 g/mol. The summed E-state index contributed by atoms with van der Waals surface area (Å²) in [5.74, 6) is 0.774. The molecule has 80 valence electrons. The van der Waals surface area contributed by atoms with Crippen molar-refractivity contribution >= 4 is 0 Å². The fourth-order valence-corrected chi connectivity index (χ4v) is 1.34. The highest BCUT2D eigenvalue weighted by atomic mass is 16.5. The molecule has 15 heavy (non-hydrogen) atoms. The highest BCUT2D eigenvalue weighted by molar-refractivity contribution is 5.41. The minimum Gasteiger partial charge on any atom is -0.488 e. The Balaban J connectivity index is 2.72. The van der Waals surface area contributed by atoms with Gasteiger partial charge in [0.2, 0.25) is 0 Å².